The number of morpholine rings is 1. The summed E-state index contributed by atoms with van der Waals surface area (Å²) in [6, 6.07) is 0. The second kappa shape index (κ2) is 6.12. The summed E-state index contributed by atoms with van der Waals surface area (Å²) in [4.78, 5) is 0.203. The topological polar surface area (TPSA) is 76.5 Å². The van der Waals surface area contributed by atoms with Crippen LogP contribution in [0.1, 0.15) is 17.8 Å². The van der Waals surface area contributed by atoms with Gasteiger partial charge in [0.15, 0.2) is 0 Å². The third-order valence-corrected chi connectivity index (χ3v) is 6.66. The van der Waals surface area contributed by atoms with Crippen molar-refractivity contribution in [3.05, 3.63) is 11.4 Å². The minimum absolute atomic E-state index is 0.0747. The van der Waals surface area contributed by atoms with E-state index in [0.29, 0.717) is 50.7 Å². The van der Waals surface area contributed by atoms with Gasteiger partial charge in [0.1, 0.15) is 10.6 Å². The van der Waals surface area contributed by atoms with Crippen LogP contribution in [0.2, 0.25) is 0 Å². The third kappa shape index (κ3) is 3.15. The SMILES string of the molecule is Cc1nn(CC2(F)CCNC2)c(C)c1S(=O)(=O)N1CCOCC1. The molecule has 3 heterocycles. The number of sulfonamides is 1. The number of rotatable bonds is 4. The molecule has 0 spiro atoms. The summed E-state index contributed by atoms with van der Waals surface area (Å²) in [5.74, 6) is 0. The van der Waals surface area contributed by atoms with E-state index in [1.807, 2.05) is 0 Å². The summed E-state index contributed by atoms with van der Waals surface area (Å²) >= 11 is 0. The molecule has 0 bridgehead atoms. The van der Waals surface area contributed by atoms with Gasteiger partial charge in [0.25, 0.3) is 0 Å². The Labute approximate surface area is 135 Å². The smallest absolute Gasteiger partial charge is 0.246 e. The van der Waals surface area contributed by atoms with E-state index in [4.69, 9.17) is 4.74 Å². The number of aryl methyl sites for hydroxylation is 1. The summed E-state index contributed by atoms with van der Waals surface area (Å²) < 4.78 is 48.5. The first-order valence-corrected chi connectivity index (χ1v) is 9.29. The van der Waals surface area contributed by atoms with E-state index in [1.165, 1.54) is 8.99 Å². The fourth-order valence-electron chi connectivity index (χ4n) is 3.24. The molecule has 7 nitrogen and oxygen atoms in total. The van der Waals surface area contributed by atoms with Crippen molar-refractivity contribution in [3.63, 3.8) is 0 Å². The zero-order valence-electron chi connectivity index (χ0n) is 13.5. The summed E-state index contributed by atoms with van der Waals surface area (Å²) in [5, 5.41) is 7.29. The number of alkyl halides is 1. The lowest BCUT2D eigenvalue weighted by molar-refractivity contribution is 0.0730. The Morgan fingerprint density at radius 2 is 2.04 bits per heavy atom. The standard InChI is InChI=1S/C14H23FN4O3S/c1-11-13(23(20,21)18-5-7-22-8-6-18)12(2)19(17-11)10-14(15)3-4-16-9-14/h16H,3-10H2,1-2H3. The molecule has 1 N–H and O–H groups in total. The van der Waals surface area contributed by atoms with Crippen LogP contribution in [0.5, 0.6) is 0 Å². The van der Waals surface area contributed by atoms with Crippen LogP contribution in [-0.2, 0) is 21.3 Å². The van der Waals surface area contributed by atoms with Gasteiger partial charge in [-0.05, 0) is 26.8 Å². The predicted octanol–water partition coefficient (Wildman–Crippen LogP) is 0.222. The molecule has 1 aromatic rings. The van der Waals surface area contributed by atoms with Gasteiger partial charge in [-0.1, -0.05) is 0 Å². The average molecular weight is 346 g/mol. The van der Waals surface area contributed by atoms with Crippen LogP contribution >= 0.6 is 0 Å². The molecule has 1 aromatic heterocycles. The van der Waals surface area contributed by atoms with Crippen molar-refractivity contribution in [2.45, 2.75) is 37.4 Å². The Kier molecular flexibility index (Phi) is 4.47. The van der Waals surface area contributed by atoms with Crippen molar-refractivity contribution in [1.82, 2.24) is 19.4 Å². The van der Waals surface area contributed by atoms with Gasteiger partial charge >= 0.3 is 0 Å². The van der Waals surface area contributed by atoms with Gasteiger partial charge in [0, 0.05) is 19.6 Å². The quantitative estimate of drug-likeness (QED) is 0.844. The molecule has 1 unspecified atom stereocenters. The van der Waals surface area contributed by atoms with Crippen LogP contribution in [0.25, 0.3) is 0 Å². The van der Waals surface area contributed by atoms with Crippen LogP contribution in [0.3, 0.4) is 0 Å². The second-order valence-electron chi connectivity index (χ2n) is 6.25. The van der Waals surface area contributed by atoms with Crippen molar-refractivity contribution in [2.24, 2.45) is 0 Å². The van der Waals surface area contributed by atoms with Gasteiger partial charge in [-0.15, -0.1) is 0 Å². The molecule has 9 heteroatoms. The Balaban J connectivity index is 1.91. The Bertz CT molecular complexity index is 676. The Morgan fingerprint density at radius 3 is 2.65 bits per heavy atom. The van der Waals surface area contributed by atoms with Crippen molar-refractivity contribution in [2.75, 3.05) is 39.4 Å². The van der Waals surface area contributed by atoms with Gasteiger partial charge in [-0.3, -0.25) is 4.68 Å². The minimum atomic E-state index is -3.62. The first kappa shape index (κ1) is 16.8. The molecule has 2 fully saturated rings. The van der Waals surface area contributed by atoms with Gasteiger partial charge in [0.2, 0.25) is 10.0 Å². The van der Waals surface area contributed by atoms with Crippen molar-refractivity contribution >= 4 is 10.0 Å². The summed E-state index contributed by atoms with van der Waals surface area (Å²) in [6.45, 7) is 5.80. The van der Waals surface area contributed by atoms with Crippen molar-refractivity contribution in [3.8, 4) is 0 Å². The number of ether oxygens (including phenoxy) is 1. The number of hydrogen-bond acceptors (Lipinski definition) is 5. The Morgan fingerprint density at radius 1 is 1.35 bits per heavy atom. The van der Waals surface area contributed by atoms with Crippen LogP contribution in [0, 0.1) is 13.8 Å². The highest BCUT2D eigenvalue weighted by Crippen LogP contribution is 2.28. The van der Waals surface area contributed by atoms with Gasteiger partial charge in [-0.2, -0.15) is 9.40 Å². The molecule has 0 amide bonds. The molecular weight excluding hydrogens is 323 g/mol. The monoisotopic (exact) mass is 346 g/mol. The van der Waals surface area contributed by atoms with Crippen molar-refractivity contribution in [1.29, 1.82) is 0 Å². The van der Waals surface area contributed by atoms with Gasteiger partial charge in [-0.25, -0.2) is 12.8 Å². The third-order valence-electron chi connectivity index (χ3n) is 4.51. The van der Waals surface area contributed by atoms with Crippen LogP contribution in [0.15, 0.2) is 4.90 Å². The molecule has 0 aliphatic carbocycles. The average Bonchev–Trinajstić information content (AvgIpc) is 3.05. The summed E-state index contributed by atoms with van der Waals surface area (Å²) in [6.07, 6.45) is 0.414. The van der Waals surface area contributed by atoms with E-state index in [2.05, 4.69) is 10.4 Å². The molecular formula is C14H23FN4O3S. The summed E-state index contributed by atoms with van der Waals surface area (Å²) in [7, 11) is -3.62. The Hall–Kier alpha value is -1.03. The summed E-state index contributed by atoms with van der Waals surface area (Å²) in [5.41, 5.74) is -0.454. The van der Waals surface area contributed by atoms with Crippen molar-refractivity contribution < 1.29 is 17.5 Å². The maximum atomic E-state index is 14.7. The lowest BCUT2D eigenvalue weighted by atomic mass is 10.1. The van der Waals surface area contributed by atoms with E-state index in [-0.39, 0.29) is 18.0 Å². The van der Waals surface area contributed by atoms with E-state index in [9.17, 15) is 12.8 Å². The van der Waals surface area contributed by atoms with Crippen LogP contribution < -0.4 is 5.32 Å². The second-order valence-corrected chi connectivity index (χ2v) is 8.13. The number of nitrogens with one attached hydrogen (secondary N) is 1. The lowest BCUT2D eigenvalue weighted by Gasteiger charge is -2.26. The highest BCUT2D eigenvalue weighted by molar-refractivity contribution is 7.89. The zero-order valence-corrected chi connectivity index (χ0v) is 14.3. The minimum Gasteiger partial charge on any atom is -0.379 e. The maximum absolute atomic E-state index is 14.7. The first-order valence-electron chi connectivity index (χ1n) is 7.85. The highest BCUT2D eigenvalue weighted by atomic mass is 32.2. The van der Waals surface area contributed by atoms with E-state index in [1.54, 1.807) is 13.8 Å². The lowest BCUT2D eigenvalue weighted by Crippen LogP contribution is -2.41. The molecule has 1 atom stereocenters. The molecule has 2 saturated heterocycles. The van der Waals surface area contributed by atoms with Gasteiger partial charge < -0.3 is 10.1 Å². The fourth-order valence-corrected chi connectivity index (χ4v) is 5.02. The number of hydrogen-bond donors (Lipinski definition) is 1. The largest absolute Gasteiger partial charge is 0.379 e. The number of halogens is 1. The molecule has 2 aliphatic rings. The molecule has 3 rings (SSSR count). The maximum Gasteiger partial charge on any atom is 0.246 e. The highest BCUT2D eigenvalue weighted by Gasteiger charge is 2.37. The van der Waals surface area contributed by atoms with E-state index < -0.39 is 15.7 Å². The van der Waals surface area contributed by atoms with Crippen LogP contribution in [0.4, 0.5) is 4.39 Å². The number of aromatic nitrogens is 2. The molecule has 2 aliphatic heterocycles. The van der Waals surface area contributed by atoms with E-state index in [0.717, 1.165) is 0 Å². The molecule has 0 radical (unpaired) electrons. The fraction of sp³-hybridized carbons (Fsp3) is 0.786. The molecule has 130 valence electrons. The predicted molar refractivity (Wildman–Crippen MR) is 82.6 cm³/mol. The van der Waals surface area contributed by atoms with E-state index >= 15 is 0 Å². The normalized spacial score (nSPS) is 26.7. The molecule has 0 saturated carbocycles. The first-order chi connectivity index (χ1) is 10.8. The van der Waals surface area contributed by atoms with Crippen LogP contribution in [-0.4, -0.2) is 67.6 Å². The molecule has 0 aromatic carbocycles. The number of nitrogens with zero attached hydrogens (tertiary/aromatic N) is 3. The molecule has 23 heavy (non-hydrogen) atoms. The zero-order chi connectivity index (χ0) is 16.7. The van der Waals surface area contributed by atoms with Gasteiger partial charge in [0.05, 0.1) is 31.1 Å².